The van der Waals surface area contributed by atoms with Crippen molar-refractivity contribution in [2.24, 2.45) is 52.3 Å². The van der Waals surface area contributed by atoms with Gasteiger partial charge in [-0.2, -0.15) is 0 Å². The van der Waals surface area contributed by atoms with Crippen molar-refractivity contribution in [3.8, 4) is 0 Å². The minimum Gasteiger partial charge on any atom is -0.481 e. The predicted molar refractivity (Wildman–Crippen MR) is 172 cm³/mol. The zero-order chi connectivity index (χ0) is 31.0. The predicted octanol–water partition coefficient (Wildman–Crippen LogP) is 10.3. The summed E-state index contributed by atoms with van der Waals surface area (Å²) in [6.07, 6.45) is 17.9. The molecule has 1 unspecified atom stereocenters. The van der Waals surface area contributed by atoms with Crippen molar-refractivity contribution in [3.63, 3.8) is 0 Å². The van der Waals surface area contributed by atoms with Crippen molar-refractivity contribution in [2.45, 2.75) is 145 Å². The molecule has 5 heteroatoms. The van der Waals surface area contributed by atoms with Gasteiger partial charge in [-0.1, -0.05) is 79.9 Å². The van der Waals surface area contributed by atoms with Crippen LogP contribution < -0.4 is 0 Å². The van der Waals surface area contributed by atoms with E-state index in [9.17, 15) is 9.59 Å². The third-order valence-corrected chi connectivity index (χ3v) is 12.2. The Kier molecular flexibility index (Phi) is 16.8. The van der Waals surface area contributed by atoms with Crippen LogP contribution in [0.4, 0.5) is 0 Å². The molecular formula is C37H64O4Y. The van der Waals surface area contributed by atoms with Crippen LogP contribution in [0.25, 0.3) is 0 Å². The molecular weight excluding hydrogens is 597 g/mol. The second-order valence-electron chi connectivity index (χ2n) is 14.4. The van der Waals surface area contributed by atoms with Gasteiger partial charge in [0, 0.05) is 52.0 Å². The normalized spacial score (nSPS) is 34.3. The maximum absolute atomic E-state index is 11.9. The summed E-state index contributed by atoms with van der Waals surface area (Å²) in [5.74, 6) is 5.37. The summed E-state index contributed by atoms with van der Waals surface area (Å²) in [5, 5.41) is 7.72. The fraction of sp³-hybridized carbons (Fsp3) is 0.838. The first-order chi connectivity index (χ1) is 19.4. The number of carboxylic acids is 1. The van der Waals surface area contributed by atoms with Crippen molar-refractivity contribution in [1.82, 2.24) is 0 Å². The molecule has 0 bridgehead atoms. The van der Waals surface area contributed by atoms with Crippen molar-refractivity contribution in [3.05, 3.63) is 24.8 Å². The number of rotatable bonds is 9. The van der Waals surface area contributed by atoms with E-state index in [1.807, 2.05) is 6.92 Å². The summed E-state index contributed by atoms with van der Waals surface area (Å²) >= 11 is 0. The Hall–Kier alpha value is -0.476. The van der Waals surface area contributed by atoms with Gasteiger partial charge in [0.1, 0.15) is 6.10 Å². The summed E-state index contributed by atoms with van der Waals surface area (Å²) in [6, 6.07) is 0. The van der Waals surface area contributed by atoms with E-state index in [1.165, 1.54) is 57.8 Å². The summed E-state index contributed by atoms with van der Waals surface area (Å²) in [5.41, 5.74) is 2.52. The quantitative estimate of drug-likeness (QED) is 0.197. The van der Waals surface area contributed by atoms with Crippen molar-refractivity contribution < 1.29 is 52.1 Å². The monoisotopic (exact) mass is 661 g/mol. The topological polar surface area (TPSA) is 63.6 Å². The molecule has 3 fully saturated rings. The van der Waals surface area contributed by atoms with Gasteiger partial charge in [-0.05, 0) is 104 Å². The summed E-state index contributed by atoms with van der Waals surface area (Å²) < 4.78 is 5.78. The Morgan fingerprint density at radius 2 is 1.62 bits per heavy atom. The Bertz CT molecular complexity index is 883. The molecule has 0 saturated heterocycles. The number of allylic oxidation sites excluding steroid dienone is 1. The number of carbonyl (C=O) groups excluding carboxylic acids is 1. The average Bonchev–Trinajstić information content (AvgIpc) is 3.32. The molecule has 4 nitrogen and oxygen atoms in total. The van der Waals surface area contributed by atoms with Gasteiger partial charge in [0.2, 0.25) is 0 Å². The average molecular weight is 662 g/mol. The van der Waals surface area contributed by atoms with Crippen LogP contribution in [0.5, 0.6) is 0 Å². The number of hydrogen-bond acceptors (Lipinski definition) is 3. The second kappa shape index (κ2) is 17.9. The number of carbonyl (C=O) groups is 2. The number of aliphatic carboxylic acids is 1. The van der Waals surface area contributed by atoms with Crippen LogP contribution >= 0.6 is 0 Å². The molecule has 4 aliphatic rings. The van der Waals surface area contributed by atoms with Gasteiger partial charge >= 0.3 is 11.9 Å². The van der Waals surface area contributed by atoms with Crippen LogP contribution in [-0.4, -0.2) is 23.1 Å². The minimum atomic E-state index is -0.745. The first kappa shape index (κ1) is 39.5. The molecule has 1 N–H and O–H groups in total. The van der Waals surface area contributed by atoms with Crippen LogP contribution in [0.2, 0.25) is 0 Å². The zero-order valence-corrected chi connectivity index (χ0v) is 31.4. The molecule has 239 valence electrons. The van der Waals surface area contributed by atoms with Crippen LogP contribution in [-0.2, 0) is 47.0 Å². The molecule has 0 amide bonds. The van der Waals surface area contributed by atoms with Crippen molar-refractivity contribution in [1.29, 1.82) is 0 Å². The van der Waals surface area contributed by atoms with E-state index < -0.39 is 5.97 Å². The molecule has 9 atom stereocenters. The maximum atomic E-state index is 11.9. The molecule has 0 heterocycles. The number of fused-ring (bicyclic) bond motifs is 5. The van der Waals surface area contributed by atoms with Gasteiger partial charge in [-0.15, -0.1) is 13.2 Å². The standard InChI is InChI=1S/C32H54O2.C3H6O2.C2H4.Y/c1-8-23(21(3)4)11-10-22(5)27-14-15-28-26-13-12-24-20-25(34-30(33)9-2)16-18-31(24,6)29(26)17-19-32(27,28)7;1-2-3(4)5;1-2;/h12,21-23,25-29H,8-11,13-20H2,1-7H3;2H2,1H3,(H,4,5);1-2H2;/t22-,23-,25+,26+,27?,28+,29+,31+,32-;;;/m1.../s1. The molecule has 3 saturated carbocycles. The Morgan fingerprint density at radius 3 is 2.17 bits per heavy atom. The van der Waals surface area contributed by atoms with Crippen molar-refractivity contribution >= 4 is 11.9 Å². The molecule has 0 aliphatic heterocycles. The Labute approximate surface area is 284 Å². The third kappa shape index (κ3) is 9.05. The molecule has 0 aromatic carbocycles. The molecule has 4 rings (SSSR count). The SMILES string of the molecule is C=C.CCC(=O)O.CCC(=O)O[C@H]1CC[C@@]2(C)C(=CC[C@@H]3[C@@H]2CC[C@]2(C)C([C@H](C)CC[C@@H](CC)C(C)C)CC[C@@H]32)C1.[Y]. The summed E-state index contributed by atoms with van der Waals surface area (Å²) in [4.78, 5) is 21.3. The summed E-state index contributed by atoms with van der Waals surface area (Å²) in [6.45, 7) is 24.6. The van der Waals surface area contributed by atoms with Crippen LogP contribution in [0.15, 0.2) is 24.8 Å². The van der Waals surface area contributed by atoms with Gasteiger partial charge in [-0.3, -0.25) is 9.59 Å². The largest absolute Gasteiger partial charge is 0.481 e. The first-order valence-corrected chi connectivity index (χ1v) is 17.0. The van der Waals surface area contributed by atoms with E-state index in [1.54, 1.807) is 12.5 Å². The van der Waals surface area contributed by atoms with Gasteiger partial charge in [0.25, 0.3) is 0 Å². The fourth-order valence-electron chi connectivity index (χ4n) is 9.66. The van der Waals surface area contributed by atoms with E-state index in [0.717, 1.165) is 54.3 Å². The van der Waals surface area contributed by atoms with E-state index >= 15 is 0 Å². The smallest absolute Gasteiger partial charge is 0.305 e. The van der Waals surface area contributed by atoms with Gasteiger partial charge < -0.3 is 9.84 Å². The molecule has 0 aromatic heterocycles. The van der Waals surface area contributed by atoms with Gasteiger partial charge in [0.05, 0.1) is 0 Å². The molecule has 42 heavy (non-hydrogen) atoms. The van der Waals surface area contributed by atoms with E-state index in [0.29, 0.717) is 17.3 Å². The number of ether oxygens (including phenoxy) is 1. The number of hydrogen-bond donors (Lipinski definition) is 1. The first-order valence-electron chi connectivity index (χ1n) is 17.0. The third-order valence-electron chi connectivity index (χ3n) is 12.2. The van der Waals surface area contributed by atoms with Crippen LogP contribution in [0.3, 0.4) is 0 Å². The number of carboxylic acid groups (broad SMARTS) is 1. The minimum absolute atomic E-state index is 0. The number of esters is 1. The van der Waals surface area contributed by atoms with Crippen LogP contribution in [0, 0.1) is 52.3 Å². The van der Waals surface area contributed by atoms with Crippen molar-refractivity contribution in [2.75, 3.05) is 0 Å². The zero-order valence-electron chi connectivity index (χ0n) is 28.6. The van der Waals surface area contributed by atoms with E-state index in [2.05, 4.69) is 60.8 Å². The maximum Gasteiger partial charge on any atom is 0.305 e. The van der Waals surface area contributed by atoms with Crippen LogP contribution in [0.1, 0.15) is 139 Å². The second-order valence-corrected chi connectivity index (χ2v) is 14.4. The summed E-state index contributed by atoms with van der Waals surface area (Å²) in [7, 11) is 0. The molecule has 0 aromatic rings. The molecule has 4 aliphatic carbocycles. The van der Waals surface area contributed by atoms with E-state index in [-0.39, 0.29) is 51.2 Å². The Balaban J connectivity index is 0.000000999. The molecule has 1 radical (unpaired) electrons. The van der Waals surface area contributed by atoms with Gasteiger partial charge in [-0.25, -0.2) is 0 Å². The Morgan fingerprint density at radius 1 is 0.976 bits per heavy atom. The van der Waals surface area contributed by atoms with Gasteiger partial charge in [0.15, 0.2) is 0 Å². The molecule has 0 spiro atoms. The van der Waals surface area contributed by atoms with E-state index in [4.69, 9.17) is 9.84 Å². The fourth-order valence-corrected chi connectivity index (χ4v) is 9.66.